The molecule has 0 saturated heterocycles. The molecular formula is C22H21Cl2NO. The predicted octanol–water partition coefficient (Wildman–Crippen LogP) is 6.17. The Labute approximate surface area is 164 Å². The molecule has 0 unspecified atom stereocenters. The highest BCUT2D eigenvalue weighted by molar-refractivity contribution is 6.37. The number of hydrogen-bond acceptors (Lipinski definition) is 2. The fourth-order valence-corrected chi connectivity index (χ4v) is 3.28. The van der Waals surface area contributed by atoms with Crippen LogP contribution in [-0.4, -0.2) is 0 Å². The summed E-state index contributed by atoms with van der Waals surface area (Å²) in [5.74, 6) is 0.527. The first-order valence-corrected chi connectivity index (χ1v) is 9.28. The van der Waals surface area contributed by atoms with Gasteiger partial charge >= 0.3 is 0 Å². The van der Waals surface area contributed by atoms with Crippen LogP contribution in [-0.2, 0) is 19.7 Å². The fourth-order valence-electron chi connectivity index (χ4n) is 2.64. The van der Waals surface area contributed by atoms with E-state index in [4.69, 9.17) is 27.9 Å². The lowest BCUT2D eigenvalue weighted by atomic mass is 10.1. The Morgan fingerprint density at radius 3 is 2.04 bits per heavy atom. The van der Waals surface area contributed by atoms with E-state index in [-0.39, 0.29) is 0 Å². The number of benzene rings is 3. The van der Waals surface area contributed by atoms with Crippen LogP contribution in [0.4, 0.5) is 0 Å². The normalized spacial score (nSPS) is 10.7. The summed E-state index contributed by atoms with van der Waals surface area (Å²) in [5, 5.41) is 4.47. The van der Waals surface area contributed by atoms with Gasteiger partial charge in [-0.05, 0) is 35.7 Å². The molecule has 0 saturated carbocycles. The highest BCUT2D eigenvalue weighted by atomic mass is 35.5. The van der Waals surface area contributed by atoms with Crippen LogP contribution in [0.5, 0.6) is 5.75 Å². The lowest BCUT2D eigenvalue weighted by Gasteiger charge is -2.12. The molecule has 0 aromatic heterocycles. The second-order valence-corrected chi connectivity index (χ2v) is 7.07. The Morgan fingerprint density at radius 1 is 0.769 bits per heavy atom. The summed E-state index contributed by atoms with van der Waals surface area (Å²) in [6.45, 7) is 4.00. The maximum Gasteiger partial charge on any atom is 0.156 e. The molecule has 3 rings (SSSR count). The average molecular weight is 386 g/mol. The van der Waals surface area contributed by atoms with Crippen molar-refractivity contribution in [1.82, 2.24) is 5.32 Å². The van der Waals surface area contributed by atoms with Crippen molar-refractivity contribution < 1.29 is 4.74 Å². The minimum atomic E-state index is 0.436. The van der Waals surface area contributed by atoms with E-state index in [1.54, 1.807) is 0 Å². The van der Waals surface area contributed by atoms with Crippen molar-refractivity contribution >= 4 is 23.2 Å². The molecule has 134 valence electrons. The largest absolute Gasteiger partial charge is 0.486 e. The molecule has 26 heavy (non-hydrogen) atoms. The fraction of sp³-hybridized carbons (Fsp3) is 0.182. The number of ether oxygens (including phenoxy) is 1. The molecule has 0 radical (unpaired) electrons. The number of aryl methyl sites for hydroxylation is 1. The minimum absolute atomic E-state index is 0.436. The third-order valence-electron chi connectivity index (χ3n) is 4.06. The molecule has 3 aromatic rings. The Bertz CT molecular complexity index is 825. The van der Waals surface area contributed by atoms with Gasteiger partial charge in [-0.1, -0.05) is 83.4 Å². The van der Waals surface area contributed by atoms with E-state index in [1.807, 2.05) is 42.5 Å². The van der Waals surface area contributed by atoms with Gasteiger partial charge in [-0.15, -0.1) is 0 Å². The molecule has 0 amide bonds. The van der Waals surface area contributed by atoms with Crippen LogP contribution in [0, 0.1) is 6.92 Å². The number of hydrogen-bond donors (Lipinski definition) is 1. The quantitative estimate of drug-likeness (QED) is 0.524. The van der Waals surface area contributed by atoms with E-state index in [1.165, 1.54) is 11.1 Å². The summed E-state index contributed by atoms with van der Waals surface area (Å²) < 4.78 is 5.81. The molecule has 0 aliphatic heterocycles. The Kier molecular flexibility index (Phi) is 6.56. The first-order valence-electron chi connectivity index (χ1n) is 8.53. The molecule has 0 atom stereocenters. The van der Waals surface area contributed by atoms with Crippen molar-refractivity contribution in [3.63, 3.8) is 0 Å². The molecule has 0 aliphatic rings. The van der Waals surface area contributed by atoms with Crippen LogP contribution in [0.3, 0.4) is 0 Å². The first kappa shape index (κ1) is 18.8. The van der Waals surface area contributed by atoms with E-state index in [0.717, 1.165) is 17.7 Å². The predicted molar refractivity (Wildman–Crippen MR) is 109 cm³/mol. The van der Waals surface area contributed by atoms with Gasteiger partial charge < -0.3 is 10.1 Å². The molecule has 0 spiro atoms. The third-order valence-corrected chi connectivity index (χ3v) is 4.62. The van der Waals surface area contributed by atoms with Crippen molar-refractivity contribution in [2.75, 3.05) is 0 Å². The van der Waals surface area contributed by atoms with Crippen LogP contribution >= 0.6 is 23.2 Å². The van der Waals surface area contributed by atoms with E-state index >= 15 is 0 Å². The zero-order valence-corrected chi connectivity index (χ0v) is 16.1. The lowest BCUT2D eigenvalue weighted by Crippen LogP contribution is -2.12. The summed E-state index contributed by atoms with van der Waals surface area (Å²) >= 11 is 12.8. The third kappa shape index (κ3) is 5.25. The van der Waals surface area contributed by atoms with Gasteiger partial charge in [-0.25, -0.2) is 0 Å². The summed E-state index contributed by atoms with van der Waals surface area (Å²) in [7, 11) is 0. The van der Waals surface area contributed by atoms with E-state index in [9.17, 15) is 0 Å². The van der Waals surface area contributed by atoms with E-state index < -0.39 is 0 Å². The van der Waals surface area contributed by atoms with Crippen LogP contribution in [0.25, 0.3) is 0 Å². The van der Waals surface area contributed by atoms with Gasteiger partial charge in [0, 0.05) is 13.1 Å². The van der Waals surface area contributed by atoms with Crippen LogP contribution in [0.1, 0.15) is 22.3 Å². The Balaban J connectivity index is 1.58. The summed E-state index contributed by atoms with van der Waals surface area (Å²) in [6, 6.07) is 22.2. The van der Waals surface area contributed by atoms with Crippen molar-refractivity contribution in [3.8, 4) is 5.75 Å². The standard InChI is InChI=1S/C22H21Cl2NO/c1-16-7-9-17(10-8-16)13-25-14-19-11-20(23)22(21(24)12-19)26-15-18-5-3-2-4-6-18/h2-12,25H,13-15H2,1H3. The maximum atomic E-state index is 6.38. The number of nitrogens with one attached hydrogen (secondary N) is 1. The maximum absolute atomic E-state index is 6.38. The molecule has 2 nitrogen and oxygen atoms in total. The van der Waals surface area contributed by atoms with Crippen molar-refractivity contribution in [1.29, 1.82) is 0 Å². The molecule has 0 aliphatic carbocycles. The van der Waals surface area contributed by atoms with Gasteiger partial charge in [0.1, 0.15) is 6.61 Å². The van der Waals surface area contributed by atoms with Gasteiger partial charge in [0.2, 0.25) is 0 Å². The second-order valence-electron chi connectivity index (χ2n) is 6.25. The van der Waals surface area contributed by atoms with Crippen molar-refractivity contribution in [3.05, 3.63) is 99.0 Å². The molecule has 4 heteroatoms. The molecule has 0 heterocycles. The molecule has 3 aromatic carbocycles. The zero-order chi connectivity index (χ0) is 18.4. The van der Waals surface area contributed by atoms with Gasteiger partial charge in [0.15, 0.2) is 5.75 Å². The monoisotopic (exact) mass is 385 g/mol. The summed E-state index contributed by atoms with van der Waals surface area (Å²) in [4.78, 5) is 0. The highest BCUT2D eigenvalue weighted by Gasteiger charge is 2.10. The smallest absolute Gasteiger partial charge is 0.156 e. The Hall–Kier alpha value is -2.00. The summed E-state index contributed by atoms with van der Waals surface area (Å²) in [5.41, 5.74) is 4.61. The number of rotatable bonds is 7. The van der Waals surface area contributed by atoms with E-state index in [2.05, 4.69) is 36.5 Å². The van der Waals surface area contributed by atoms with Crippen LogP contribution < -0.4 is 10.1 Å². The number of halogens is 2. The van der Waals surface area contributed by atoms with Crippen molar-refractivity contribution in [2.24, 2.45) is 0 Å². The molecule has 1 N–H and O–H groups in total. The first-order chi connectivity index (χ1) is 12.6. The molecule has 0 fully saturated rings. The highest BCUT2D eigenvalue weighted by Crippen LogP contribution is 2.34. The van der Waals surface area contributed by atoms with Gasteiger partial charge in [-0.3, -0.25) is 0 Å². The molecular weight excluding hydrogens is 365 g/mol. The Morgan fingerprint density at radius 2 is 1.38 bits per heavy atom. The van der Waals surface area contributed by atoms with Gasteiger partial charge in [0.05, 0.1) is 10.0 Å². The van der Waals surface area contributed by atoms with Gasteiger partial charge in [0.25, 0.3) is 0 Å². The minimum Gasteiger partial charge on any atom is -0.486 e. The second kappa shape index (κ2) is 9.09. The van der Waals surface area contributed by atoms with Gasteiger partial charge in [-0.2, -0.15) is 0 Å². The van der Waals surface area contributed by atoms with Crippen molar-refractivity contribution in [2.45, 2.75) is 26.6 Å². The SMILES string of the molecule is Cc1ccc(CNCc2cc(Cl)c(OCc3ccccc3)c(Cl)c2)cc1. The van der Waals surface area contributed by atoms with E-state index in [0.29, 0.717) is 28.9 Å². The topological polar surface area (TPSA) is 21.3 Å². The lowest BCUT2D eigenvalue weighted by molar-refractivity contribution is 0.306. The van der Waals surface area contributed by atoms with Crippen LogP contribution in [0.15, 0.2) is 66.7 Å². The summed E-state index contributed by atoms with van der Waals surface area (Å²) in [6.07, 6.45) is 0. The average Bonchev–Trinajstić information content (AvgIpc) is 2.63. The van der Waals surface area contributed by atoms with Crippen LogP contribution in [0.2, 0.25) is 10.0 Å². The zero-order valence-electron chi connectivity index (χ0n) is 14.6. The molecule has 0 bridgehead atoms.